The molecule has 0 unspecified atom stereocenters. The summed E-state index contributed by atoms with van der Waals surface area (Å²) in [6.45, 7) is 2.37. The van der Waals surface area contributed by atoms with Crippen molar-refractivity contribution in [3.05, 3.63) is 93.9 Å². The average molecular weight is 419 g/mol. The molecule has 0 aliphatic rings. The molecule has 2 amide bonds. The minimum atomic E-state index is -0.484. The third-order valence-corrected chi connectivity index (χ3v) is 4.32. The van der Waals surface area contributed by atoms with E-state index in [0.717, 1.165) is 6.42 Å². The van der Waals surface area contributed by atoms with Crippen LogP contribution in [0.4, 0.5) is 5.69 Å². The number of non-ortho nitro benzene ring substituents is 1. The van der Waals surface area contributed by atoms with Gasteiger partial charge >= 0.3 is 0 Å². The molecule has 0 atom stereocenters. The standard InChI is InChI=1S/C23H21N3O5/c1-2-13-24-23(28)20(25-22(27)16-7-4-3-5-8-16)15-19-11-12-21(31-19)17-9-6-10-18(14-17)26(29)30/h3-12,14-15H,2,13H2,1H3,(H,24,28)(H,25,27)/b20-15-. The zero-order valence-electron chi connectivity index (χ0n) is 16.8. The molecule has 1 heterocycles. The largest absolute Gasteiger partial charge is 0.457 e. The molecule has 0 saturated heterocycles. The summed E-state index contributed by atoms with van der Waals surface area (Å²) in [6.07, 6.45) is 2.16. The highest BCUT2D eigenvalue weighted by Crippen LogP contribution is 2.26. The predicted molar refractivity (Wildman–Crippen MR) is 116 cm³/mol. The maximum absolute atomic E-state index is 12.6. The molecule has 3 aromatic rings. The number of amides is 2. The summed E-state index contributed by atoms with van der Waals surface area (Å²) in [5.74, 6) is -0.155. The van der Waals surface area contributed by atoms with E-state index >= 15 is 0 Å². The molecule has 0 saturated carbocycles. The van der Waals surface area contributed by atoms with Gasteiger partial charge in [-0.15, -0.1) is 0 Å². The van der Waals surface area contributed by atoms with E-state index in [0.29, 0.717) is 29.2 Å². The first-order valence-electron chi connectivity index (χ1n) is 9.69. The molecule has 0 aliphatic heterocycles. The third kappa shape index (κ3) is 5.66. The van der Waals surface area contributed by atoms with Crippen LogP contribution in [0.5, 0.6) is 0 Å². The number of hydrogen-bond acceptors (Lipinski definition) is 5. The van der Waals surface area contributed by atoms with Crippen LogP contribution in [0.2, 0.25) is 0 Å². The third-order valence-electron chi connectivity index (χ3n) is 4.32. The molecular formula is C23H21N3O5. The highest BCUT2D eigenvalue weighted by molar-refractivity contribution is 6.05. The van der Waals surface area contributed by atoms with Crippen molar-refractivity contribution in [2.24, 2.45) is 0 Å². The first-order valence-corrected chi connectivity index (χ1v) is 9.69. The Hall–Kier alpha value is -4.20. The fourth-order valence-corrected chi connectivity index (χ4v) is 2.78. The van der Waals surface area contributed by atoms with E-state index in [-0.39, 0.29) is 11.4 Å². The number of nitrogens with one attached hydrogen (secondary N) is 2. The summed E-state index contributed by atoms with van der Waals surface area (Å²) < 4.78 is 5.75. The predicted octanol–water partition coefficient (Wildman–Crippen LogP) is 4.15. The first kappa shape index (κ1) is 21.5. The molecular weight excluding hydrogens is 398 g/mol. The second-order valence-electron chi connectivity index (χ2n) is 6.64. The van der Waals surface area contributed by atoms with Crippen molar-refractivity contribution in [2.45, 2.75) is 13.3 Å². The van der Waals surface area contributed by atoms with Gasteiger partial charge in [-0.25, -0.2) is 0 Å². The van der Waals surface area contributed by atoms with Crippen LogP contribution in [0.1, 0.15) is 29.5 Å². The van der Waals surface area contributed by atoms with Gasteiger partial charge in [-0.1, -0.05) is 37.3 Å². The van der Waals surface area contributed by atoms with Crippen LogP contribution in [0, 0.1) is 10.1 Å². The van der Waals surface area contributed by atoms with Crippen molar-refractivity contribution in [3.63, 3.8) is 0 Å². The second kappa shape index (κ2) is 10.0. The van der Waals surface area contributed by atoms with Gasteiger partial charge in [0.25, 0.3) is 17.5 Å². The Labute approximate surface area is 178 Å². The van der Waals surface area contributed by atoms with Crippen molar-refractivity contribution in [2.75, 3.05) is 6.54 Å². The molecule has 2 N–H and O–H groups in total. The maximum Gasteiger partial charge on any atom is 0.270 e. The van der Waals surface area contributed by atoms with Gasteiger partial charge in [0.2, 0.25) is 0 Å². The van der Waals surface area contributed by atoms with E-state index in [1.165, 1.54) is 18.2 Å². The van der Waals surface area contributed by atoms with Gasteiger partial charge in [0.05, 0.1) is 4.92 Å². The van der Waals surface area contributed by atoms with Gasteiger partial charge in [-0.3, -0.25) is 19.7 Å². The highest BCUT2D eigenvalue weighted by atomic mass is 16.6. The van der Waals surface area contributed by atoms with Crippen molar-refractivity contribution in [3.8, 4) is 11.3 Å². The Morgan fingerprint density at radius 1 is 1.06 bits per heavy atom. The Bertz CT molecular complexity index is 1120. The molecule has 0 fully saturated rings. The number of carbonyl (C=O) groups is 2. The fraction of sp³-hybridized carbons (Fsp3) is 0.130. The lowest BCUT2D eigenvalue weighted by Crippen LogP contribution is -2.35. The summed E-state index contributed by atoms with van der Waals surface area (Å²) in [5, 5.41) is 16.4. The number of nitro groups is 1. The molecule has 158 valence electrons. The van der Waals surface area contributed by atoms with Gasteiger partial charge in [-0.05, 0) is 30.7 Å². The van der Waals surface area contributed by atoms with Crippen molar-refractivity contribution >= 4 is 23.6 Å². The quantitative estimate of drug-likeness (QED) is 0.323. The van der Waals surface area contributed by atoms with E-state index in [1.54, 1.807) is 54.6 Å². The van der Waals surface area contributed by atoms with Crippen LogP contribution in [0.3, 0.4) is 0 Å². The summed E-state index contributed by atoms with van der Waals surface area (Å²) >= 11 is 0. The number of nitro benzene ring substituents is 1. The van der Waals surface area contributed by atoms with E-state index in [2.05, 4.69) is 10.6 Å². The molecule has 1 aromatic heterocycles. The van der Waals surface area contributed by atoms with Crippen molar-refractivity contribution in [1.29, 1.82) is 0 Å². The van der Waals surface area contributed by atoms with Crippen molar-refractivity contribution in [1.82, 2.24) is 10.6 Å². The molecule has 31 heavy (non-hydrogen) atoms. The van der Waals surface area contributed by atoms with Gasteiger partial charge in [-0.2, -0.15) is 0 Å². The summed E-state index contributed by atoms with van der Waals surface area (Å²) in [6, 6.07) is 17.8. The zero-order chi connectivity index (χ0) is 22.2. The lowest BCUT2D eigenvalue weighted by atomic mass is 10.1. The molecule has 0 bridgehead atoms. The SMILES string of the molecule is CCCNC(=O)/C(=C/c1ccc(-c2cccc([N+](=O)[O-])c2)o1)NC(=O)c1ccccc1. The van der Waals surface area contributed by atoms with E-state index < -0.39 is 16.7 Å². The second-order valence-corrected chi connectivity index (χ2v) is 6.64. The maximum atomic E-state index is 12.6. The number of hydrogen-bond donors (Lipinski definition) is 2. The number of carbonyl (C=O) groups excluding carboxylic acids is 2. The van der Waals surface area contributed by atoms with Crippen LogP contribution in [0.25, 0.3) is 17.4 Å². The zero-order valence-corrected chi connectivity index (χ0v) is 16.8. The van der Waals surface area contributed by atoms with Crippen LogP contribution in [-0.4, -0.2) is 23.3 Å². The Morgan fingerprint density at radius 3 is 2.55 bits per heavy atom. The molecule has 0 radical (unpaired) electrons. The summed E-state index contributed by atoms with van der Waals surface area (Å²) in [5.41, 5.74) is 0.913. The van der Waals surface area contributed by atoms with Crippen LogP contribution >= 0.6 is 0 Å². The van der Waals surface area contributed by atoms with Crippen LogP contribution < -0.4 is 10.6 Å². The number of rotatable bonds is 8. The smallest absolute Gasteiger partial charge is 0.270 e. The molecule has 8 heteroatoms. The van der Waals surface area contributed by atoms with Crippen LogP contribution in [-0.2, 0) is 4.79 Å². The Balaban J connectivity index is 1.88. The molecule has 8 nitrogen and oxygen atoms in total. The average Bonchev–Trinajstić information content (AvgIpc) is 3.26. The number of furan rings is 1. The fourth-order valence-electron chi connectivity index (χ4n) is 2.78. The van der Waals surface area contributed by atoms with E-state index in [4.69, 9.17) is 4.42 Å². The summed E-state index contributed by atoms with van der Waals surface area (Å²) in [7, 11) is 0. The van der Waals surface area contributed by atoms with Crippen LogP contribution in [0.15, 0.2) is 76.8 Å². The van der Waals surface area contributed by atoms with Gasteiger partial charge in [0.1, 0.15) is 17.2 Å². The van der Waals surface area contributed by atoms with E-state index in [9.17, 15) is 19.7 Å². The summed E-state index contributed by atoms with van der Waals surface area (Å²) in [4.78, 5) is 35.6. The minimum absolute atomic E-state index is 0.0299. The lowest BCUT2D eigenvalue weighted by Gasteiger charge is -2.10. The number of nitrogens with zero attached hydrogens (tertiary/aromatic N) is 1. The van der Waals surface area contributed by atoms with Gasteiger partial charge in [0, 0.05) is 35.9 Å². The monoisotopic (exact) mass is 419 g/mol. The molecule has 3 rings (SSSR count). The topological polar surface area (TPSA) is 114 Å². The van der Waals surface area contributed by atoms with Gasteiger partial charge in [0.15, 0.2) is 0 Å². The molecule has 0 spiro atoms. The van der Waals surface area contributed by atoms with E-state index in [1.807, 2.05) is 6.92 Å². The Kier molecular flexibility index (Phi) is 6.95. The number of benzene rings is 2. The highest BCUT2D eigenvalue weighted by Gasteiger charge is 2.16. The molecule has 0 aliphatic carbocycles. The Morgan fingerprint density at radius 2 is 1.84 bits per heavy atom. The minimum Gasteiger partial charge on any atom is -0.457 e. The lowest BCUT2D eigenvalue weighted by molar-refractivity contribution is -0.384. The normalized spacial score (nSPS) is 11.1. The van der Waals surface area contributed by atoms with Crippen molar-refractivity contribution < 1.29 is 18.9 Å². The molecule has 2 aromatic carbocycles. The first-order chi connectivity index (χ1) is 15.0. The van der Waals surface area contributed by atoms with Gasteiger partial charge < -0.3 is 15.1 Å².